The highest BCUT2D eigenvalue weighted by atomic mass is 35.5. The molecule has 3 rings (SSSR count). The van der Waals surface area contributed by atoms with Crippen molar-refractivity contribution >= 4 is 53.3 Å². The van der Waals surface area contributed by atoms with Gasteiger partial charge in [-0.05, 0) is 31.5 Å². The molecule has 138 valence electrons. The molecule has 1 aliphatic rings. The highest BCUT2D eigenvalue weighted by Crippen LogP contribution is 2.28. The zero-order valence-corrected chi connectivity index (χ0v) is 15.8. The average molecular weight is 408 g/mol. The van der Waals surface area contributed by atoms with Crippen molar-refractivity contribution in [3.63, 3.8) is 0 Å². The number of benzene rings is 1. The maximum atomic E-state index is 11.4. The van der Waals surface area contributed by atoms with Gasteiger partial charge in [-0.25, -0.2) is 4.79 Å². The fourth-order valence-corrected chi connectivity index (χ4v) is 3.31. The van der Waals surface area contributed by atoms with Crippen LogP contribution in [0.5, 0.6) is 0 Å². The molecule has 8 heteroatoms. The van der Waals surface area contributed by atoms with Gasteiger partial charge in [0.1, 0.15) is 0 Å². The van der Waals surface area contributed by atoms with E-state index in [-0.39, 0.29) is 42.5 Å². The summed E-state index contributed by atoms with van der Waals surface area (Å²) in [6.45, 7) is 1.42. The van der Waals surface area contributed by atoms with Crippen molar-refractivity contribution in [2.75, 3.05) is 6.54 Å². The predicted molar refractivity (Wildman–Crippen MR) is 105 cm³/mol. The molecule has 0 unspecified atom stereocenters. The molecule has 3 N–H and O–H groups in total. The van der Waals surface area contributed by atoms with E-state index in [1.807, 2.05) is 28.9 Å². The Hall–Kier alpha value is -1.24. The third-order valence-corrected chi connectivity index (χ3v) is 4.52. The number of carboxylic acids is 1. The molecule has 1 saturated heterocycles. The first-order chi connectivity index (χ1) is 11.1. The average Bonchev–Trinajstić information content (AvgIpc) is 2.90. The summed E-state index contributed by atoms with van der Waals surface area (Å²) in [5.74, 6) is -0.991. The second-order valence-corrected chi connectivity index (χ2v) is 6.16. The minimum absolute atomic E-state index is 0. The first kappa shape index (κ1) is 21.8. The van der Waals surface area contributed by atoms with Gasteiger partial charge in [0.05, 0.1) is 28.2 Å². The molecule has 1 aliphatic heterocycles. The number of rotatable bonds is 4. The number of fused-ring (bicyclic) bond motifs is 1. The van der Waals surface area contributed by atoms with Crippen molar-refractivity contribution in [1.29, 1.82) is 0 Å². The van der Waals surface area contributed by atoms with Crippen LogP contribution in [0.25, 0.3) is 10.9 Å². The second kappa shape index (κ2) is 9.46. The van der Waals surface area contributed by atoms with E-state index in [9.17, 15) is 15.0 Å². The van der Waals surface area contributed by atoms with E-state index in [4.69, 9.17) is 11.6 Å². The SMILES string of the molecule is Cl.Cl.O=C(O)c1cn(C/C=C/[C@H]2NCCC[C@@H]2O)c2cccc(Cl)c12. The van der Waals surface area contributed by atoms with Crippen LogP contribution in [0.4, 0.5) is 0 Å². The van der Waals surface area contributed by atoms with Gasteiger partial charge in [-0.2, -0.15) is 0 Å². The molecule has 1 fully saturated rings. The number of allylic oxidation sites excluding steroid dienone is 1. The summed E-state index contributed by atoms with van der Waals surface area (Å²) in [6.07, 6.45) is 6.90. The molecular weight excluding hydrogens is 387 g/mol. The van der Waals surface area contributed by atoms with Gasteiger partial charge >= 0.3 is 5.97 Å². The van der Waals surface area contributed by atoms with E-state index < -0.39 is 5.97 Å². The lowest BCUT2D eigenvalue weighted by atomic mass is 10.0. The van der Waals surface area contributed by atoms with E-state index >= 15 is 0 Å². The van der Waals surface area contributed by atoms with Crippen molar-refractivity contribution < 1.29 is 15.0 Å². The first-order valence-electron chi connectivity index (χ1n) is 7.66. The van der Waals surface area contributed by atoms with Crippen LogP contribution in [-0.4, -0.2) is 39.4 Å². The summed E-state index contributed by atoms with van der Waals surface area (Å²) >= 11 is 6.16. The lowest BCUT2D eigenvalue weighted by Gasteiger charge is -2.26. The summed E-state index contributed by atoms with van der Waals surface area (Å²) < 4.78 is 1.86. The van der Waals surface area contributed by atoms with Crippen LogP contribution in [0.1, 0.15) is 23.2 Å². The summed E-state index contributed by atoms with van der Waals surface area (Å²) in [4.78, 5) is 11.4. The number of nitrogens with one attached hydrogen (secondary N) is 1. The molecule has 2 atom stereocenters. The van der Waals surface area contributed by atoms with Gasteiger partial charge in [0.25, 0.3) is 0 Å². The molecule has 5 nitrogen and oxygen atoms in total. The van der Waals surface area contributed by atoms with Gasteiger partial charge < -0.3 is 20.1 Å². The number of hydrogen-bond donors (Lipinski definition) is 3. The van der Waals surface area contributed by atoms with Gasteiger partial charge in [-0.15, -0.1) is 24.8 Å². The lowest BCUT2D eigenvalue weighted by molar-refractivity contribution is 0.0698. The maximum absolute atomic E-state index is 11.4. The molecule has 1 aromatic heterocycles. The number of halogens is 3. The van der Waals surface area contributed by atoms with Crippen LogP contribution in [0.15, 0.2) is 36.5 Å². The number of carboxylic acid groups (broad SMARTS) is 1. The highest BCUT2D eigenvalue weighted by Gasteiger charge is 2.20. The molecule has 0 spiro atoms. The molecule has 0 bridgehead atoms. The largest absolute Gasteiger partial charge is 0.478 e. The number of aliphatic hydroxyl groups is 1. The molecular formula is C17H21Cl3N2O3. The molecule has 0 aliphatic carbocycles. The first-order valence-corrected chi connectivity index (χ1v) is 8.04. The van der Waals surface area contributed by atoms with Crippen molar-refractivity contribution in [1.82, 2.24) is 9.88 Å². The molecule has 25 heavy (non-hydrogen) atoms. The molecule has 2 heterocycles. The van der Waals surface area contributed by atoms with Gasteiger partial charge in [0.15, 0.2) is 0 Å². The van der Waals surface area contributed by atoms with Crippen LogP contribution in [0, 0.1) is 0 Å². The molecule has 0 radical (unpaired) electrons. The second-order valence-electron chi connectivity index (χ2n) is 5.75. The summed E-state index contributed by atoms with van der Waals surface area (Å²) in [6, 6.07) is 5.31. The number of aliphatic hydroxyl groups excluding tert-OH is 1. The third-order valence-electron chi connectivity index (χ3n) is 4.20. The van der Waals surface area contributed by atoms with E-state index in [2.05, 4.69) is 5.32 Å². The van der Waals surface area contributed by atoms with Gasteiger partial charge in [-0.1, -0.05) is 29.8 Å². The van der Waals surface area contributed by atoms with Crippen LogP contribution >= 0.6 is 36.4 Å². The fraction of sp³-hybridized carbons (Fsp3) is 0.353. The predicted octanol–water partition coefficient (Wildman–Crippen LogP) is 3.51. The molecule has 1 aromatic carbocycles. The van der Waals surface area contributed by atoms with E-state index in [1.165, 1.54) is 0 Å². The zero-order valence-electron chi connectivity index (χ0n) is 13.4. The quantitative estimate of drug-likeness (QED) is 0.678. The van der Waals surface area contributed by atoms with Crippen molar-refractivity contribution in [3.05, 3.63) is 47.1 Å². The van der Waals surface area contributed by atoms with Crippen molar-refractivity contribution in [2.24, 2.45) is 0 Å². The minimum atomic E-state index is -0.991. The summed E-state index contributed by atoms with van der Waals surface area (Å²) in [5.41, 5.74) is 0.992. The summed E-state index contributed by atoms with van der Waals surface area (Å²) in [7, 11) is 0. The van der Waals surface area contributed by atoms with Crippen LogP contribution in [0.2, 0.25) is 5.02 Å². The van der Waals surface area contributed by atoms with Crippen molar-refractivity contribution in [2.45, 2.75) is 31.5 Å². The van der Waals surface area contributed by atoms with Gasteiger partial charge in [0, 0.05) is 18.1 Å². The highest BCUT2D eigenvalue weighted by molar-refractivity contribution is 6.36. The Morgan fingerprint density at radius 1 is 1.40 bits per heavy atom. The van der Waals surface area contributed by atoms with E-state index in [0.29, 0.717) is 17.0 Å². The smallest absolute Gasteiger partial charge is 0.337 e. The third kappa shape index (κ3) is 4.68. The Morgan fingerprint density at radius 2 is 2.16 bits per heavy atom. The van der Waals surface area contributed by atoms with Crippen LogP contribution in [0.3, 0.4) is 0 Å². The molecule has 0 amide bonds. The van der Waals surface area contributed by atoms with Gasteiger partial charge in [-0.3, -0.25) is 0 Å². The summed E-state index contributed by atoms with van der Waals surface area (Å²) in [5, 5.41) is 23.5. The Kier molecular flexibility index (Phi) is 8.25. The fourth-order valence-electron chi connectivity index (χ4n) is 3.03. The topological polar surface area (TPSA) is 74.5 Å². The Balaban J connectivity index is 0.00000156. The van der Waals surface area contributed by atoms with E-state index in [1.54, 1.807) is 12.3 Å². The Labute approximate surface area is 163 Å². The van der Waals surface area contributed by atoms with Crippen LogP contribution in [-0.2, 0) is 6.54 Å². The zero-order chi connectivity index (χ0) is 16.4. The number of aromatic carboxylic acids is 1. The minimum Gasteiger partial charge on any atom is -0.478 e. The molecule has 2 aromatic rings. The van der Waals surface area contributed by atoms with Crippen molar-refractivity contribution in [3.8, 4) is 0 Å². The molecule has 0 saturated carbocycles. The number of carbonyl (C=O) groups is 1. The maximum Gasteiger partial charge on any atom is 0.337 e. The lowest BCUT2D eigenvalue weighted by Crippen LogP contribution is -2.43. The van der Waals surface area contributed by atoms with E-state index in [0.717, 1.165) is 24.9 Å². The normalized spacial score (nSPS) is 20.2. The monoisotopic (exact) mass is 406 g/mol. The number of aromatic nitrogens is 1. The Bertz CT molecular complexity index is 761. The number of nitrogens with zero attached hydrogens (tertiary/aromatic N) is 1. The van der Waals surface area contributed by atoms with Crippen LogP contribution < -0.4 is 5.32 Å². The number of hydrogen-bond acceptors (Lipinski definition) is 3. The Morgan fingerprint density at radius 3 is 2.84 bits per heavy atom. The van der Waals surface area contributed by atoms with Gasteiger partial charge in [0.2, 0.25) is 0 Å². The standard InChI is InChI=1S/C17H19ClN2O3.2ClH/c18-12-4-1-6-14-16(12)11(17(22)23)10-20(14)9-3-5-13-15(21)7-2-8-19-13;;/h1,3-6,10,13,15,19,21H,2,7-9H2,(H,22,23);2*1H/b5-3+;;/t13-,15+;;/m1../s1. The number of piperidine rings is 1.